The van der Waals surface area contributed by atoms with Crippen molar-refractivity contribution >= 4 is 12.4 Å². The van der Waals surface area contributed by atoms with Gasteiger partial charge in [0.1, 0.15) is 0 Å². The van der Waals surface area contributed by atoms with Gasteiger partial charge >= 0.3 is 0 Å². The van der Waals surface area contributed by atoms with Gasteiger partial charge in [0.15, 0.2) is 0 Å². The molecule has 28 heavy (non-hydrogen) atoms. The maximum absolute atomic E-state index is 4.10. The smallest absolute Gasteiger partial charge is 0.204 e. The summed E-state index contributed by atoms with van der Waals surface area (Å²) in [4.78, 5) is 0. The summed E-state index contributed by atoms with van der Waals surface area (Å²) < 4.78 is 0. The normalized spacial score (nSPS) is 12.8. The summed E-state index contributed by atoms with van der Waals surface area (Å²) >= 11 is 0. The number of rotatable bonds is 6. The summed E-state index contributed by atoms with van der Waals surface area (Å²) in [5, 5.41) is 18.2. The molecular formula is C22H22ClN5. The molecule has 0 spiro atoms. The number of tetrazole rings is 1. The molecule has 0 aliphatic rings. The lowest BCUT2D eigenvalue weighted by Gasteiger charge is -2.25. The first kappa shape index (κ1) is 19.7. The summed E-state index contributed by atoms with van der Waals surface area (Å²) in [7, 11) is 0. The topological polar surface area (TPSA) is 66.5 Å². The van der Waals surface area contributed by atoms with Crippen LogP contribution in [0.5, 0.6) is 0 Å². The fourth-order valence-electron chi connectivity index (χ4n) is 3.26. The molecule has 0 aliphatic heterocycles. The van der Waals surface area contributed by atoms with Crippen LogP contribution in [0.1, 0.15) is 35.7 Å². The maximum atomic E-state index is 4.10. The van der Waals surface area contributed by atoms with Crippen molar-refractivity contribution in [3.05, 3.63) is 102 Å². The van der Waals surface area contributed by atoms with Gasteiger partial charge in [-0.3, -0.25) is 5.32 Å². The molecule has 1 aromatic heterocycles. The van der Waals surface area contributed by atoms with Crippen molar-refractivity contribution in [1.29, 1.82) is 0 Å². The van der Waals surface area contributed by atoms with E-state index in [0.717, 1.165) is 11.1 Å². The lowest BCUT2D eigenvalue weighted by atomic mass is 9.95. The number of hydrogen-bond donors (Lipinski definition) is 2. The molecule has 0 aliphatic carbocycles. The van der Waals surface area contributed by atoms with E-state index in [9.17, 15) is 0 Å². The third-order valence-corrected chi connectivity index (χ3v) is 4.67. The highest BCUT2D eigenvalue weighted by atomic mass is 35.5. The molecule has 4 rings (SSSR count). The van der Waals surface area contributed by atoms with Crippen LogP contribution < -0.4 is 5.32 Å². The largest absolute Gasteiger partial charge is 0.300 e. The van der Waals surface area contributed by atoms with E-state index in [1.807, 2.05) is 24.3 Å². The van der Waals surface area contributed by atoms with E-state index in [2.05, 4.69) is 93.5 Å². The molecular weight excluding hydrogens is 370 g/mol. The van der Waals surface area contributed by atoms with Gasteiger partial charge in [0, 0.05) is 11.6 Å². The molecule has 1 heterocycles. The van der Waals surface area contributed by atoms with Crippen molar-refractivity contribution in [3.8, 4) is 11.4 Å². The van der Waals surface area contributed by atoms with E-state index in [1.165, 1.54) is 11.1 Å². The number of H-pyrrole nitrogens is 1. The van der Waals surface area contributed by atoms with Gasteiger partial charge in [-0.2, -0.15) is 5.21 Å². The summed E-state index contributed by atoms with van der Waals surface area (Å²) in [5.41, 5.74) is 4.57. The van der Waals surface area contributed by atoms with Crippen LogP contribution in [0.4, 0.5) is 0 Å². The van der Waals surface area contributed by atoms with Crippen molar-refractivity contribution in [2.45, 2.75) is 19.0 Å². The third-order valence-electron chi connectivity index (χ3n) is 4.67. The summed E-state index contributed by atoms with van der Waals surface area (Å²) in [6, 6.07) is 29.5. The van der Waals surface area contributed by atoms with Gasteiger partial charge in [-0.25, -0.2) is 0 Å². The number of halogens is 1. The Hall–Kier alpha value is -3.02. The quantitative estimate of drug-likeness (QED) is 0.498. The first-order valence-corrected chi connectivity index (χ1v) is 9.01. The van der Waals surface area contributed by atoms with Crippen LogP contribution in [0.15, 0.2) is 84.9 Å². The fourth-order valence-corrected chi connectivity index (χ4v) is 3.26. The van der Waals surface area contributed by atoms with Crippen molar-refractivity contribution in [1.82, 2.24) is 25.9 Å². The average molecular weight is 392 g/mol. The van der Waals surface area contributed by atoms with Gasteiger partial charge < -0.3 is 0 Å². The fraction of sp³-hybridized carbons (Fsp3) is 0.136. The molecule has 0 bridgehead atoms. The SMILES string of the molecule is C[C@@H](NC(c1ccccc1)c1cccc(-c2nn[nH]n2)c1)c1ccccc1.Cl. The molecule has 5 nitrogen and oxygen atoms in total. The molecule has 0 radical (unpaired) electrons. The predicted octanol–water partition coefficient (Wildman–Crippen LogP) is 4.73. The highest BCUT2D eigenvalue weighted by Gasteiger charge is 2.18. The van der Waals surface area contributed by atoms with Gasteiger partial charge in [-0.05, 0) is 34.9 Å². The Bertz CT molecular complexity index is 974. The van der Waals surface area contributed by atoms with Crippen LogP contribution >= 0.6 is 12.4 Å². The van der Waals surface area contributed by atoms with Crippen LogP contribution in [0, 0.1) is 0 Å². The zero-order chi connectivity index (χ0) is 18.5. The molecule has 2 N–H and O–H groups in total. The van der Waals surface area contributed by atoms with Gasteiger partial charge in [0.05, 0.1) is 6.04 Å². The molecule has 0 saturated carbocycles. The number of aromatic amines is 1. The van der Waals surface area contributed by atoms with Gasteiger partial charge in [0.2, 0.25) is 5.82 Å². The van der Waals surface area contributed by atoms with Gasteiger partial charge in [-0.1, -0.05) is 78.9 Å². The van der Waals surface area contributed by atoms with Gasteiger partial charge in [-0.15, -0.1) is 22.6 Å². The molecule has 142 valence electrons. The minimum atomic E-state index is 0. The molecule has 0 fully saturated rings. The van der Waals surface area contributed by atoms with Crippen molar-refractivity contribution in [2.24, 2.45) is 0 Å². The van der Waals surface area contributed by atoms with Crippen molar-refractivity contribution in [3.63, 3.8) is 0 Å². The summed E-state index contributed by atoms with van der Waals surface area (Å²) in [6.45, 7) is 2.19. The Morgan fingerprint density at radius 2 is 1.43 bits per heavy atom. The minimum Gasteiger partial charge on any atom is -0.300 e. The van der Waals surface area contributed by atoms with Gasteiger partial charge in [0.25, 0.3) is 0 Å². The van der Waals surface area contributed by atoms with Crippen molar-refractivity contribution < 1.29 is 0 Å². The van der Waals surface area contributed by atoms with E-state index in [0.29, 0.717) is 5.82 Å². The van der Waals surface area contributed by atoms with E-state index in [-0.39, 0.29) is 24.5 Å². The lowest BCUT2D eigenvalue weighted by molar-refractivity contribution is 0.516. The second-order valence-electron chi connectivity index (χ2n) is 6.50. The summed E-state index contributed by atoms with van der Waals surface area (Å²) in [6.07, 6.45) is 0. The lowest BCUT2D eigenvalue weighted by Crippen LogP contribution is -2.25. The zero-order valence-electron chi connectivity index (χ0n) is 15.5. The number of hydrogen-bond acceptors (Lipinski definition) is 4. The molecule has 6 heteroatoms. The number of aromatic nitrogens is 4. The van der Waals surface area contributed by atoms with E-state index in [4.69, 9.17) is 0 Å². The Balaban J connectivity index is 0.00000225. The van der Waals surface area contributed by atoms with Crippen LogP contribution in [0.25, 0.3) is 11.4 Å². The second kappa shape index (κ2) is 9.26. The number of nitrogens with one attached hydrogen (secondary N) is 2. The predicted molar refractivity (Wildman–Crippen MR) is 113 cm³/mol. The minimum absolute atomic E-state index is 0. The number of nitrogens with zero attached hydrogens (tertiary/aromatic N) is 3. The average Bonchev–Trinajstić information content (AvgIpc) is 3.28. The highest BCUT2D eigenvalue weighted by Crippen LogP contribution is 2.28. The molecule has 0 saturated heterocycles. The Morgan fingerprint density at radius 3 is 2.07 bits per heavy atom. The van der Waals surface area contributed by atoms with E-state index in [1.54, 1.807) is 0 Å². The molecule has 0 amide bonds. The van der Waals surface area contributed by atoms with Crippen LogP contribution in [-0.4, -0.2) is 20.6 Å². The van der Waals surface area contributed by atoms with Crippen LogP contribution in [-0.2, 0) is 0 Å². The van der Waals surface area contributed by atoms with Crippen molar-refractivity contribution in [2.75, 3.05) is 0 Å². The summed E-state index contributed by atoms with van der Waals surface area (Å²) in [5.74, 6) is 0.597. The van der Waals surface area contributed by atoms with Crippen LogP contribution in [0.2, 0.25) is 0 Å². The third kappa shape index (κ3) is 4.44. The Kier molecular flexibility index (Phi) is 6.53. The zero-order valence-corrected chi connectivity index (χ0v) is 16.3. The standard InChI is InChI=1S/C22H21N5.ClH/c1-16(17-9-4-2-5-10-17)23-21(18-11-6-3-7-12-18)19-13-8-14-20(15-19)22-24-26-27-25-22;/h2-16,21,23H,1H3,(H,24,25,26,27);1H/t16-,21?;/m1./s1. The first-order valence-electron chi connectivity index (χ1n) is 9.01. The molecule has 1 unspecified atom stereocenters. The molecule has 4 aromatic rings. The Labute approximate surface area is 170 Å². The highest BCUT2D eigenvalue weighted by molar-refractivity contribution is 5.85. The van der Waals surface area contributed by atoms with E-state index < -0.39 is 0 Å². The van der Waals surface area contributed by atoms with E-state index >= 15 is 0 Å². The van der Waals surface area contributed by atoms with Crippen LogP contribution in [0.3, 0.4) is 0 Å². The number of benzene rings is 3. The maximum Gasteiger partial charge on any atom is 0.204 e. The molecule has 3 aromatic carbocycles. The second-order valence-corrected chi connectivity index (χ2v) is 6.50. The Morgan fingerprint density at radius 1 is 0.786 bits per heavy atom. The molecule has 2 atom stereocenters. The first-order chi connectivity index (χ1) is 13.3. The monoisotopic (exact) mass is 391 g/mol.